The Morgan fingerprint density at radius 3 is 2.90 bits per heavy atom. The van der Waals surface area contributed by atoms with Gasteiger partial charge in [-0.1, -0.05) is 41.6 Å². The van der Waals surface area contributed by atoms with E-state index in [0.717, 1.165) is 18.0 Å². The Balaban J connectivity index is 2.02. The summed E-state index contributed by atoms with van der Waals surface area (Å²) in [6.07, 6.45) is 0.944. The number of fused-ring (bicyclic) bond motifs is 2. The number of halogens is 1. The Morgan fingerprint density at radius 2 is 2.05 bits per heavy atom. The molecule has 1 atom stereocenters. The van der Waals surface area contributed by atoms with Gasteiger partial charge in [0.25, 0.3) is 0 Å². The fourth-order valence-corrected chi connectivity index (χ4v) is 3.87. The monoisotopic (exact) mass is 304 g/mol. The van der Waals surface area contributed by atoms with Gasteiger partial charge in [-0.15, -0.1) is 0 Å². The molecule has 0 spiro atoms. The lowest BCUT2D eigenvalue weighted by atomic mass is 9.99. The van der Waals surface area contributed by atoms with E-state index in [0.29, 0.717) is 12.6 Å². The van der Waals surface area contributed by atoms with Crippen LogP contribution >= 0.6 is 23.4 Å². The van der Waals surface area contributed by atoms with E-state index in [1.807, 2.05) is 17.8 Å². The van der Waals surface area contributed by atoms with E-state index in [4.69, 9.17) is 17.3 Å². The molecule has 0 amide bonds. The highest BCUT2D eigenvalue weighted by Gasteiger charge is 2.21. The zero-order chi connectivity index (χ0) is 13.9. The highest BCUT2D eigenvalue weighted by Crippen LogP contribution is 2.41. The maximum atomic E-state index is 6.14. The summed E-state index contributed by atoms with van der Waals surface area (Å²) in [4.78, 5) is 2.60. The zero-order valence-electron chi connectivity index (χ0n) is 11.1. The number of hydrogen-bond acceptors (Lipinski definition) is 3. The second-order valence-corrected chi connectivity index (χ2v) is 6.41. The predicted octanol–water partition coefficient (Wildman–Crippen LogP) is 3.64. The first-order chi connectivity index (χ1) is 9.78. The van der Waals surface area contributed by atoms with Crippen LogP contribution in [0.1, 0.15) is 17.2 Å². The molecule has 1 heterocycles. The molecule has 1 aliphatic rings. The summed E-state index contributed by atoms with van der Waals surface area (Å²) in [5, 5.41) is 4.35. The molecule has 0 aromatic heterocycles. The minimum atomic E-state index is 0.293. The second kappa shape index (κ2) is 6.19. The van der Waals surface area contributed by atoms with Crippen LogP contribution in [0.4, 0.5) is 0 Å². The number of nitrogens with two attached hydrogens (primary N) is 1. The van der Waals surface area contributed by atoms with Crippen LogP contribution in [-0.2, 0) is 6.42 Å². The van der Waals surface area contributed by atoms with Crippen molar-refractivity contribution in [3.63, 3.8) is 0 Å². The van der Waals surface area contributed by atoms with E-state index in [1.54, 1.807) is 0 Å². The van der Waals surface area contributed by atoms with E-state index in [-0.39, 0.29) is 0 Å². The van der Waals surface area contributed by atoms with Crippen LogP contribution in [0.3, 0.4) is 0 Å². The Bertz CT molecular complexity index is 615. The Morgan fingerprint density at radius 1 is 1.20 bits per heavy atom. The number of benzene rings is 2. The Hall–Kier alpha value is -1.00. The standard InChI is InChI=1S/C16H17ClN2S/c17-12-5-6-15-11(9-12)10-14(19-8-7-18)13-3-1-2-4-16(13)20-15/h1-6,9,14,19H,7-8,10,18H2. The molecule has 0 radical (unpaired) electrons. The van der Waals surface area contributed by atoms with Crippen LogP contribution in [0.15, 0.2) is 52.3 Å². The summed E-state index contributed by atoms with van der Waals surface area (Å²) in [5.41, 5.74) is 8.28. The molecule has 0 saturated carbocycles. The number of nitrogens with one attached hydrogen (secondary N) is 1. The van der Waals surface area contributed by atoms with Gasteiger partial charge in [-0.3, -0.25) is 0 Å². The average Bonchev–Trinajstić information content (AvgIpc) is 2.61. The van der Waals surface area contributed by atoms with Gasteiger partial charge in [0.2, 0.25) is 0 Å². The van der Waals surface area contributed by atoms with Gasteiger partial charge in [-0.25, -0.2) is 0 Å². The van der Waals surface area contributed by atoms with E-state index in [9.17, 15) is 0 Å². The molecular formula is C16H17ClN2S. The smallest absolute Gasteiger partial charge is 0.0409 e. The maximum absolute atomic E-state index is 6.14. The first kappa shape index (κ1) is 14.0. The van der Waals surface area contributed by atoms with E-state index in [2.05, 4.69) is 41.7 Å². The summed E-state index contributed by atoms with van der Waals surface area (Å²) in [7, 11) is 0. The molecule has 0 bridgehead atoms. The van der Waals surface area contributed by atoms with Gasteiger partial charge in [0, 0.05) is 33.9 Å². The highest BCUT2D eigenvalue weighted by atomic mass is 35.5. The topological polar surface area (TPSA) is 38.0 Å². The molecule has 0 fully saturated rings. The molecule has 0 saturated heterocycles. The summed E-state index contributed by atoms with van der Waals surface area (Å²) >= 11 is 7.96. The third-order valence-electron chi connectivity index (χ3n) is 3.50. The first-order valence-electron chi connectivity index (χ1n) is 6.76. The molecule has 4 heteroatoms. The lowest BCUT2D eigenvalue weighted by molar-refractivity contribution is 0.531. The second-order valence-electron chi connectivity index (χ2n) is 4.89. The number of rotatable bonds is 3. The molecule has 0 aliphatic carbocycles. The van der Waals surface area contributed by atoms with Gasteiger partial charge < -0.3 is 11.1 Å². The van der Waals surface area contributed by atoms with Gasteiger partial charge in [-0.2, -0.15) is 0 Å². The van der Waals surface area contributed by atoms with Crippen molar-refractivity contribution in [3.05, 3.63) is 58.6 Å². The van der Waals surface area contributed by atoms with Gasteiger partial charge in [0.05, 0.1) is 0 Å². The molecular weight excluding hydrogens is 288 g/mol. The molecule has 3 rings (SSSR count). The molecule has 20 heavy (non-hydrogen) atoms. The zero-order valence-corrected chi connectivity index (χ0v) is 12.7. The minimum absolute atomic E-state index is 0.293. The van der Waals surface area contributed by atoms with Crippen molar-refractivity contribution in [1.29, 1.82) is 0 Å². The fraction of sp³-hybridized carbons (Fsp3) is 0.250. The minimum Gasteiger partial charge on any atom is -0.329 e. The largest absolute Gasteiger partial charge is 0.329 e. The van der Waals surface area contributed by atoms with E-state index in [1.165, 1.54) is 20.9 Å². The normalized spacial score (nSPS) is 17.2. The quantitative estimate of drug-likeness (QED) is 0.909. The summed E-state index contributed by atoms with van der Waals surface area (Å²) in [6, 6.07) is 15.0. The van der Waals surface area contributed by atoms with Crippen molar-refractivity contribution in [1.82, 2.24) is 5.32 Å². The lowest BCUT2D eigenvalue weighted by Gasteiger charge is -2.19. The summed E-state index contributed by atoms with van der Waals surface area (Å²) in [5.74, 6) is 0. The number of hydrogen-bond donors (Lipinski definition) is 2. The van der Waals surface area contributed by atoms with Crippen molar-refractivity contribution in [2.45, 2.75) is 22.3 Å². The Labute approximate surface area is 128 Å². The van der Waals surface area contributed by atoms with Crippen molar-refractivity contribution in [2.24, 2.45) is 5.73 Å². The fourth-order valence-electron chi connectivity index (χ4n) is 2.56. The van der Waals surface area contributed by atoms with Crippen LogP contribution in [0, 0.1) is 0 Å². The molecule has 104 valence electrons. The first-order valence-corrected chi connectivity index (χ1v) is 7.96. The van der Waals surface area contributed by atoms with Crippen LogP contribution in [-0.4, -0.2) is 13.1 Å². The predicted molar refractivity (Wildman–Crippen MR) is 85.5 cm³/mol. The van der Waals surface area contributed by atoms with Crippen molar-refractivity contribution < 1.29 is 0 Å². The summed E-state index contributed by atoms with van der Waals surface area (Å²) in [6.45, 7) is 1.47. The van der Waals surface area contributed by atoms with Gasteiger partial charge in [-0.05, 0) is 41.8 Å². The van der Waals surface area contributed by atoms with E-state index >= 15 is 0 Å². The van der Waals surface area contributed by atoms with Crippen LogP contribution in [0.25, 0.3) is 0 Å². The van der Waals surface area contributed by atoms with Crippen molar-refractivity contribution in [2.75, 3.05) is 13.1 Å². The SMILES string of the molecule is NCCNC1Cc2cc(Cl)ccc2Sc2ccccc21. The van der Waals surface area contributed by atoms with Crippen LogP contribution < -0.4 is 11.1 Å². The molecule has 2 aromatic carbocycles. The maximum Gasteiger partial charge on any atom is 0.0409 e. The average molecular weight is 305 g/mol. The van der Waals surface area contributed by atoms with Gasteiger partial charge in [0.1, 0.15) is 0 Å². The Kier molecular flexibility index (Phi) is 4.32. The third-order valence-corrected chi connectivity index (χ3v) is 4.94. The van der Waals surface area contributed by atoms with Gasteiger partial charge in [0.15, 0.2) is 0 Å². The molecule has 1 aliphatic heterocycles. The van der Waals surface area contributed by atoms with Crippen LogP contribution in [0.5, 0.6) is 0 Å². The lowest BCUT2D eigenvalue weighted by Crippen LogP contribution is -2.28. The molecule has 2 nitrogen and oxygen atoms in total. The molecule has 1 unspecified atom stereocenters. The highest BCUT2D eigenvalue weighted by molar-refractivity contribution is 7.99. The van der Waals surface area contributed by atoms with Crippen molar-refractivity contribution >= 4 is 23.4 Å². The molecule has 2 aromatic rings. The third kappa shape index (κ3) is 2.86. The summed E-state index contributed by atoms with van der Waals surface area (Å²) < 4.78 is 0. The van der Waals surface area contributed by atoms with Crippen molar-refractivity contribution in [3.8, 4) is 0 Å². The van der Waals surface area contributed by atoms with E-state index < -0.39 is 0 Å². The molecule has 3 N–H and O–H groups in total. The van der Waals surface area contributed by atoms with Crippen LogP contribution in [0.2, 0.25) is 5.02 Å². The van der Waals surface area contributed by atoms with Gasteiger partial charge >= 0.3 is 0 Å².